The molecule has 0 radical (unpaired) electrons. The molecule has 1 aromatic heterocycles. The van der Waals surface area contributed by atoms with E-state index in [0.29, 0.717) is 39.7 Å². The topological polar surface area (TPSA) is 72.3 Å². The largest absolute Gasteiger partial charge is 0.490 e. The van der Waals surface area contributed by atoms with E-state index in [9.17, 15) is 4.79 Å². The molecular weight excluding hydrogens is 576 g/mol. The summed E-state index contributed by atoms with van der Waals surface area (Å²) in [6.45, 7) is 2.78. The molecule has 32 heavy (non-hydrogen) atoms. The van der Waals surface area contributed by atoms with Crippen molar-refractivity contribution < 1.29 is 14.3 Å². The van der Waals surface area contributed by atoms with Crippen LogP contribution in [0.15, 0.2) is 61.8 Å². The van der Waals surface area contributed by atoms with Crippen LogP contribution in [-0.4, -0.2) is 22.4 Å². The zero-order valence-electron chi connectivity index (χ0n) is 16.9. The van der Waals surface area contributed by atoms with Gasteiger partial charge in [0.15, 0.2) is 17.3 Å². The molecule has 1 N–H and O–H groups in total. The number of nitrogens with one attached hydrogen (secondary N) is 1. The highest BCUT2D eigenvalue weighted by Crippen LogP contribution is 2.43. The molecule has 1 aliphatic heterocycles. The Kier molecular flexibility index (Phi) is 7.50. The average molecular weight is 594 g/mol. The first-order chi connectivity index (χ1) is 15.5. The van der Waals surface area contributed by atoms with Gasteiger partial charge in [-0.3, -0.25) is 10.2 Å². The molecule has 0 aliphatic carbocycles. The molecule has 1 atom stereocenters. The lowest BCUT2D eigenvalue weighted by atomic mass is 10.0. The molecule has 0 unspecified atom stereocenters. The van der Waals surface area contributed by atoms with E-state index in [0.717, 1.165) is 20.1 Å². The van der Waals surface area contributed by atoms with Crippen molar-refractivity contribution in [1.82, 2.24) is 4.98 Å². The maximum Gasteiger partial charge on any atom is 0.186 e. The van der Waals surface area contributed by atoms with Gasteiger partial charge in [0.2, 0.25) is 0 Å². The van der Waals surface area contributed by atoms with Crippen molar-refractivity contribution in [2.24, 2.45) is 0 Å². The van der Waals surface area contributed by atoms with Crippen molar-refractivity contribution in [3.8, 4) is 11.5 Å². The van der Waals surface area contributed by atoms with E-state index in [2.05, 4.69) is 36.8 Å². The first-order valence-corrected chi connectivity index (χ1v) is 13.0. The predicted molar refractivity (Wildman–Crippen MR) is 137 cm³/mol. The molecule has 4 rings (SSSR count). The van der Waals surface area contributed by atoms with E-state index in [4.69, 9.17) is 14.9 Å². The van der Waals surface area contributed by atoms with Crippen molar-refractivity contribution in [3.05, 3.63) is 78.0 Å². The molecular formula is C23H18Br2N2O3S2. The standard InChI is InChI=1S/C23H18Br2N2O3S2/c1-2-29-17-10-14(9-16(25)21(17)30-12-13-3-5-15(24)6-4-13)11-18-20(28)19(22(26)32-18)23-27-7-8-31-23/h3-11,19,26H,2,12H2,1H3/b18-11-,26-22?/t19-/m0/s1. The van der Waals surface area contributed by atoms with E-state index in [1.54, 1.807) is 12.3 Å². The number of rotatable bonds is 7. The van der Waals surface area contributed by atoms with Gasteiger partial charge in [-0.15, -0.1) is 11.3 Å². The van der Waals surface area contributed by atoms with E-state index in [1.807, 2.05) is 48.7 Å². The van der Waals surface area contributed by atoms with Crippen molar-refractivity contribution in [2.45, 2.75) is 19.4 Å². The summed E-state index contributed by atoms with van der Waals surface area (Å²) in [6.07, 6.45) is 3.45. The van der Waals surface area contributed by atoms with Gasteiger partial charge < -0.3 is 9.47 Å². The summed E-state index contributed by atoms with van der Waals surface area (Å²) in [5, 5.41) is 11.0. The molecule has 0 amide bonds. The number of nitrogens with zero attached hydrogens (tertiary/aromatic N) is 1. The van der Waals surface area contributed by atoms with Gasteiger partial charge in [0, 0.05) is 16.0 Å². The van der Waals surface area contributed by atoms with E-state index >= 15 is 0 Å². The number of aromatic nitrogens is 1. The number of ketones is 1. The number of benzene rings is 2. The molecule has 1 fully saturated rings. The smallest absolute Gasteiger partial charge is 0.186 e. The Hall–Kier alpha value is -1.94. The highest BCUT2D eigenvalue weighted by atomic mass is 79.9. The Morgan fingerprint density at radius 3 is 2.66 bits per heavy atom. The molecule has 0 bridgehead atoms. The van der Waals surface area contributed by atoms with Crippen LogP contribution in [0.3, 0.4) is 0 Å². The summed E-state index contributed by atoms with van der Waals surface area (Å²) in [5.41, 5.74) is 1.83. The lowest BCUT2D eigenvalue weighted by Gasteiger charge is -2.15. The fourth-order valence-electron chi connectivity index (χ4n) is 3.15. The third-order valence-corrected chi connectivity index (χ3v) is 7.56. The number of hydrogen-bond acceptors (Lipinski definition) is 7. The predicted octanol–water partition coefficient (Wildman–Crippen LogP) is 7.06. The van der Waals surface area contributed by atoms with Gasteiger partial charge in [-0.2, -0.15) is 0 Å². The van der Waals surface area contributed by atoms with Crippen molar-refractivity contribution in [1.29, 1.82) is 5.41 Å². The van der Waals surface area contributed by atoms with Crippen LogP contribution in [-0.2, 0) is 11.4 Å². The zero-order chi connectivity index (χ0) is 22.7. The van der Waals surface area contributed by atoms with E-state index in [1.165, 1.54) is 23.1 Å². The monoisotopic (exact) mass is 592 g/mol. The van der Waals surface area contributed by atoms with Crippen LogP contribution >= 0.6 is 55.0 Å². The Labute approximate surface area is 211 Å². The molecule has 0 spiro atoms. The van der Waals surface area contributed by atoms with Crippen molar-refractivity contribution >= 4 is 71.9 Å². The Morgan fingerprint density at radius 2 is 1.97 bits per heavy atom. The number of halogens is 2. The number of ether oxygens (including phenoxy) is 2. The van der Waals surface area contributed by atoms with Gasteiger partial charge in [-0.25, -0.2) is 4.98 Å². The van der Waals surface area contributed by atoms with Gasteiger partial charge in [-0.05, 0) is 64.3 Å². The quantitative estimate of drug-likeness (QED) is 0.297. The Balaban J connectivity index is 1.59. The average Bonchev–Trinajstić information content (AvgIpc) is 3.37. The first-order valence-electron chi connectivity index (χ1n) is 9.71. The minimum atomic E-state index is -0.602. The number of carbonyl (C=O) groups is 1. The highest BCUT2D eigenvalue weighted by Gasteiger charge is 2.38. The molecule has 3 aromatic rings. The van der Waals surface area contributed by atoms with Gasteiger partial charge in [0.05, 0.1) is 21.0 Å². The maximum absolute atomic E-state index is 12.9. The van der Waals surface area contributed by atoms with E-state index in [-0.39, 0.29) is 5.78 Å². The number of hydrogen-bond donors (Lipinski definition) is 1. The lowest BCUT2D eigenvalue weighted by Crippen LogP contribution is -2.11. The van der Waals surface area contributed by atoms with Crippen LogP contribution in [0.2, 0.25) is 0 Å². The number of thioether (sulfide) groups is 1. The summed E-state index contributed by atoms with van der Waals surface area (Å²) in [4.78, 5) is 17.7. The highest BCUT2D eigenvalue weighted by molar-refractivity contribution is 9.10. The molecule has 2 aromatic carbocycles. The SMILES string of the molecule is CCOc1cc(/C=C2\SC(=N)[C@@H](c3nccs3)C2=O)cc(Br)c1OCc1ccc(Br)cc1. The van der Waals surface area contributed by atoms with Crippen LogP contribution in [0.4, 0.5) is 0 Å². The van der Waals surface area contributed by atoms with Crippen LogP contribution in [0, 0.1) is 5.41 Å². The van der Waals surface area contributed by atoms with Crippen LogP contribution in [0.5, 0.6) is 11.5 Å². The summed E-state index contributed by atoms with van der Waals surface area (Å²) >= 11 is 9.60. The fraction of sp³-hybridized carbons (Fsp3) is 0.174. The Bertz CT molecular complexity index is 1180. The zero-order valence-corrected chi connectivity index (χ0v) is 21.7. The van der Waals surface area contributed by atoms with Crippen molar-refractivity contribution in [2.75, 3.05) is 6.61 Å². The van der Waals surface area contributed by atoms with Gasteiger partial charge in [0.25, 0.3) is 0 Å². The molecule has 0 saturated carbocycles. The second-order valence-electron chi connectivity index (χ2n) is 6.82. The second-order valence-corrected chi connectivity index (χ2v) is 10.6. The molecule has 1 saturated heterocycles. The maximum atomic E-state index is 12.9. The number of allylic oxidation sites excluding steroid dienone is 1. The summed E-state index contributed by atoms with van der Waals surface area (Å²) in [6, 6.07) is 11.7. The number of Topliss-reactive ketones (excluding diaryl/α,β-unsaturated/α-hetero) is 1. The minimum Gasteiger partial charge on any atom is -0.490 e. The lowest BCUT2D eigenvalue weighted by molar-refractivity contribution is -0.114. The number of carbonyl (C=O) groups excluding carboxylic acids is 1. The van der Waals surface area contributed by atoms with Crippen LogP contribution in [0.1, 0.15) is 29.0 Å². The normalized spacial score (nSPS) is 17.2. The van der Waals surface area contributed by atoms with E-state index < -0.39 is 5.92 Å². The fourth-order valence-corrected chi connectivity index (χ4v) is 5.80. The molecule has 9 heteroatoms. The van der Waals surface area contributed by atoms with Gasteiger partial charge in [0.1, 0.15) is 17.5 Å². The van der Waals surface area contributed by atoms with Crippen LogP contribution < -0.4 is 9.47 Å². The summed E-state index contributed by atoms with van der Waals surface area (Å²) < 4.78 is 13.6. The molecule has 164 valence electrons. The Morgan fingerprint density at radius 1 is 1.19 bits per heavy atom. The summed E-state index contributed by atoms with van der Waals surface area (Å²) in [7, 11) is 0. The molecule has 1 aliphatic rings. The second kappa shape index (κ2) is 10.3. The van der Waals surface area contributed by atoms with Crippen LogP contribution in [0.25, 0.3) is 6.08 Å². The molecule has 2 heterocycles. The number of thiazole rings is 1. The third kappa shape index (κ3) is 5.17. The third-order valence-electron chi connectivity index (χ3n) is 4.61. The minimum absolute atomic E-state index is 0.0976. The first kappa shape index (κ1) is 23.2. The van der Waals surface area contributed by atoms with Crippen molar-refractivity contribution in [3.63, 3.8) is 0 Å². The molecule has 5 nitrogen and oxygen atoms in total. The van der Waals surface area contributed by atoms with Gasteiger partial charge in [-0.1, -0.05) is 39.8 Å². The van der Waals surface area contributed by atoms with Gasteiger partial charge >= 0.3 is 0 Å². The summed E-state index contributed by atoms with van der Waals surface area (Å²) in [5.74, 6) is 0.498.